The van der Waals surface area contributed by atoms with E-state index in [1.54, 1.807) is 36.0 Å². The first-order valence-electron chi connectivity index (χ1n) is 10.5. The standard InChI is InChI=1S/C22H20Cl3FN4O3S2/c1-12-7-19(34-21(12)25)35(32,33)29-22(31)27-10-18(26)16-4-2-3-13-9-28-30(20(13)16)11-14-5-6-15(23)8-17(14)24/h5-9H,2-4,10-11H2,1H3,(H2,27,29,31)/b18-16-. The van der Waals surface area contributed by atoms with E-state index in [0.717, 1.165) is 35.3 Å². The van der Waals surface area contributed by atoms with Gasteiger partial charge in [-0.15, -0.1) is 11.3 Å². The number of urea groups is 1. The summed E-state index contributed by atoms with van der Waals surface area (Å²) in [5.74, 6) is -0.572. The molecule has 186 valence electrons. The summed E-state index contributed by atoms with van der Waals surface area (Å²) in [5.41, 5.74) is 3.30. The molecule has 0 spiro atoms. The molecule has 0 aliphatic heterocycles. The summed E-state index contributed by atoms with van der Waals surface area (Å²) in [5, 5.41) is 7.68. The Morgan fingerprint density at radius 2 is 2.00 bits per heavy atom. The summed E-state index contributed by atoms with van der Waals surface area (Å²) >= 11 is 19.0. The minimum atomic E-state index is -4.12. The van der Waals surface area contributed by atoms with Gasteiger partial charge in [0.1, 0.15) is 10.0 Å². The lowest BCUT2D eigenvalue weighted by Gasteiger charge is -2.19. The van der Waals surface area contributed by atoms with Crippen LogP contribution in [0.4, 0.5) is 9.18 Å². The molecule has 4 rings (SSSR count). The fourth-order valence-electron chi connectivity index (χ4n) is 3.76. The first kappa shape index (κ1) is 26.0. The Morgan fingerprint density at radius 1 is 1.23 bits per heavy atom. The molecule has 2 heterocycles. The number of rotatable bonds is 6. The van der Waals surface area contributed by atoms with E-state index >= 15 is 4.39 Å². The number of aromatic nitrogens is 2. The topological polar surface area (TPSA) is 93.1 Å². The maximum absolute atomic E-state index is 15.3. The first-order chi connectivity index (χ1) is 16.5. The Kier molecular flexibility index (Phi) is 7.77. The summed E-state index contributed by atoms with van der Waals surface area (Å²) in [6.07, 6.45) is 3.62. The molecule has 7 nitrogen and oxygen atoms in total. The average Bonchev–Trinajstić information content (AvgIpc) is 3.37. The van der Waals surface area contributed by atoms with Gasteiger partial charge < -0.3 is 5.32 Å². The lowest BCUT2D eigenvalue weighted by molar-refractivity contribution is 0.246. The van der Waals surface area contributed by atoms with Gasteiger partial charge in [0, 0.05) is 15.6 Å². The fraction of sp³-hybridized carbons (Fsp3) is 0.273. The van der Waals surface area contributed by atoms with E-state index in [4.69, 9.17) is 34.8 Å². The first-order valence-corrected chi connectivity index (χ1v) is 13.9. The number of hydrogen-bond donors (Lipinski definition) is 2. The van der Waals surface area contributed by atoms with Crippen molar-refractivity contribution in [3.63, 3.8) is 0 Å². The number of benzene rings is 1. The van der Waals surface area contributed by atoms with Crippen molar-refractivity contribution in [3.05, 3.63) is 73.1 Å². The van der Waals surface area contributed by atoms with Crippen LogP contribution in [-0.4, -0.2) is 30.8 Å². The monoisotopic (exact) mass is 576 g/mol. The van der Waals surface area contributed by atoms with E-state index in [-0.39, 0.29) is 4.21 Å². The van der Waals surface area contributed by atoms with Crippen molar-refractivity contribution in [2.45, 2.75) is 36.9 Å². The second-order valence-electron chi connectivity index (χ2n) is 7.96. The highest BCUT2D eigenvalue weighted by Gasteiger charge is 2.25. The third-order valence-electron chi connectivity index (χ3n) is 5.47. The minimum Gasteiger partial charge on any atom is -0.331 e. The number of nitrogens with zero attached hydrogens (tertiary/aromatic N) is 2. The maximum atomic E-state index is 15.3. The van der Waals surface area contributed by atoms with Crippen molar-refractivity contribution in [1.29, 1.82) is 0 Å². The molecule has 0 atom stereocenters. The predicted octanol–water partition coefficient (Wildman–Crippen LogP) is 5.97. The number of aryl methyl sites for hydroxylation is 2. The van der Waals surface area contributed by atoms with E-state index in [1.165, 1.54) is 6.07 Å². The summed E-state index contributed by atoms with van der Waals surface area (Å²) in [7, 11) is -4.12. The zero-order valence-corrected chi connectivity index (χ0v) is 22.3. The van der Waals surface area contributed by atoms with Gasteiger partial charge in [0.15, 0.2) is 0 Å². The number of fused-ring (bicyclic) bond motifs is 1. The SMILES string of the molecule is Cc1cc(S(=O)(=O)NC(=O)NC/C(F)=C2\CCCc3cnn(Cc4ccc(Cl)cc4Cl)c32)sc1Cl. The van der Waals surface area contributed by atoms with Gasteiger partial charge in [-0.2, -0.15) is 5.10 Å². The van der Waals surface area contributed by atoms with Crippen molar-refractivity contribution < 1.29 is 17.6 Å². The molecule has 1 aliphatic rings. The van der Waals surface area contributed by atoms with Crippen molar-refractivity contribution >= 4 is 67.8 Å². The summed E-state index contributed by atoms with van der Waals surface area (Å²) < 4.78 is 43.8. The van der Waals surface area contributed by atoms with Crippen molar-refractivity contribution in [2.75, 3.05) is 6.54 Å². The van der Waals surface area contributed by atoms with Crippen LogP contribution in [0.3, 0.4) is 0 Å². The Morgan fingerprint density at radius 3 is 2.69 bits per heavy atom. The van der Waals surface area contributed by atoms with Crippen LogP contribution in [0, 0.1) is 6.92 Å². The maximum Gasteiger partial charge on any atom is 0.329 e. The quantitative estimate of drug-likeness (QED) is 0.378. The minimum absolute atomic E-state index is 0.101. The molecule has 2 amide bonds. The van der Waals surface area contributed by atoms with Crippen LogP contribution in [0.2, 0.25) is 14.4 Å². The van der Waals surface area contributed by atoms with Crippen LogP contribution in [0.15, 0.2) is 40.5 Å². The van der Waals surface area contributed by atoms with Crippen LogP contribution in [0.1, 0.15) is 35.2 Å². The molecule has 0 unspecified atom stereocenters. The van der Waals surface area contributed by atoms with Crippen molar-refractivity contribution in [3.8, 4) is 0 Å². The zero-order valence-electron chi connectivity index (χ0n) is 18.4. The lowest BCUT2D eigenvalue weighted by atomic mass is 9.92. The number of carbonyl (C=O) groups excluding carboxylic acids is 1. The van der Waals surface area contributed by atoms with Gasteiger partial charge in [0.05, 0.1) is 29.3 Å². The van der Waals surface area contributed by atoms with Crippen LogP contribution in [0.25, 0.3) is 5.57 Å². The molecule has 0 saturated heterocycles. The van der Waals surface area contributed by atoms with E-state index in [9.17, 15) is 13.2 Å². The number of thiophene rings is 1. The number of nitrogens with one attached hydrogen (secondary N) is 2. The van der Waals surface area contributed by atoms with Crippen LogP contribution >= 0.6 is 46.1 Å². The highest BCUT2D eigenvalue weighted by molar-refractivity contribution is 7.92. The summed E-state index contributed by atoms with van der Waals surface area (Å²) in [4.78, 5) is 12.2. The van der Waals surface area contributed by atoms with Gasteiger partial charge in [-0.05, 0) is 61.1 Å². The lowest BCUT2D eigenvalue weighted by Crippen LogP contribution is -2.39. The van der Waals surface area contributed by atoms with Gasteiger partial charge in [-0.25, -0.2) is 22.3 Å². The van der Waals surface area contributed by atoms with Crippen molar-refractivity contribution in [2.24, 2.45) is 0 Å². The largest absolute Gasteiger partial charge is 0.331 e. The third kappa shape index (κ3) is 5.83. The molecule has 35 heavy (non-hydrogen) atoms. The van der Waals surface area contributed by atoms with Gasteiger partial charge in [0.25, 0.3) is 10.0 Å². The van der Waals surface area contributed by atoms with Crippen molar-refractivity contribution in [1.82, 2.24) is 19.8 Å². The van der Waals surface area contributed by atoms with Gasteiger partial charge in [-0.3, -0.25) is 4.68 Å². The van der Waals surface area contributed by atoms with Crippen LogP contribution < -0.4 is 10.0 Å². The number of carbonyl (C=O) groups is 1. The normalized spacial score (nSPS) is 15.0. The molecule has 0 radical (unpaired) electrons. The third-order valence-corrected chi connectivity index (χ3v) is 9.41. The van der Waals surface area contributed by atoms with E-state index in [1.807, 2.05) is 4.72 Å². The Balaban J connectivity index is 1.50. The number of sulfonamides is 1. The van der Waals surface area contributed by atoms with E-state index < -0.39 is 28.4 Å². The van der Waals surface area contributed by atoms with Crippen LogP contribution in [0.5, 0.6) is 0 Å². The molecule has 3 aromatic rings. The molecule has 2 aromatic heterocycles. The molecule has 2 N–H and O–H groups in total. The number of amides is 2. The Bertz CT molecular complexity index is 1410. The Hall–Kier alpha value is -2.11. The fourth-order valence-corrected chi connectivity index (χ4v) is 6.87. The highest BCUT2D eigenvalue weighted by Crippen LogP contribution is 2.34. The van der Waals surface area contributed by atoms with Gasteiger partial charge in [-0.1, -0.05) is 40.9 Å². The van der Waals surface area contributed by atoms with Gasteiger partial charge >= 0.3 is 6.03 Å². The van der Waals surface area contributed by atoms with E-state index in [2.05, 4.69) is 10.4 Å². The molecule has 1 aliphatic carbocycles. The summed E-state index contributed by atoms with van der Waals surface area (Å²) in [6.45, 7) is 1.49. The number of allylic oxidation sites excluding steroid dienone is 1. The predicted molar refractivity (Wildman–Crippen MR) is 137 cm³/mol. The smallest absolute Gasteiger partial charge is 0.329 e. The Labute approximate surface area is 220 Å². The molecule has 0 fully saturated rings. The molecule has 0 bridgehead atoms. The molecular formula is C22H20Cl3FN4O3S2. The molecule has 13 heteroatoms. The highest BCUT2D eigenvalue weighted by atomic mass is 35.5. The number of hydrogen-bond acceptors (Lipinski definition) is 5. The average molecular weight is 578 g/mol. The molecule has 1 aromatic carbocycles. The second kappa shape index (κ2) is 10.5. The second-order valence-corrected chi connectivity index (χ2v) is 12.4. The number of halogens is 4. The van der Waals surface area contributed by atoms with Gasteiger partial charge in [0.2, 0.25) is 0 Å². The van der Waals surface area contributed by atoms with Crippen LogP contribution in [-0.2, 0) is 23.0 Å². The van der Waals surface area contributed by atoms with E-state index in [0.29, 0.717) is 44.2 Å². The molecular weight excluding hydrogens is 558 g/mol. The summed E-state index contributed by atoms with van der Waals surface area (Å²) in [6, 6.07) is 5.46. The zero-order chi connectivity index (χ0) is 25.3. The molecule has 0 saturated carbocycles.